The monoisotopic (exact) mass is 379 g/mol. The Morgan fingerprint density at radius 3 is 2.21 bits per heavy atom. The Morgan fingerprint density at radius 1 is 1.00 bits per heavy atom. The van der Waals surface area contributed by atoms with Crippen LogP contribution in [0.2, 0.25) is 0 Å². The molecule has 0 saturated carbocycles. The molecular formula is C19H17N5O4. The van der Waals surface area contributed by atoms with E-state index < -0.39 is 0 Å². The van der Waals surface area contributed by atoms with E-state index >= 15 is 0 Å². The van der Waals surface area contributed by atoms with Crippen LogP contribution in [0, 0.1) is 0 Å². The molecule has 4 aromatic rings. The van der Waals surface area contributed by atoms with E-state index in [0.717, 1.165) is 5.69 Å². The van der Waals surface area contributed by atoms with Crippen molar-refractivity contribution in [3.63, 3.8) is 0 Å². The Labute approximate surface area is 160 Å². The number of ether oxygens (including phenoxy) is 1. The Bertz CT molecular complexity index is 944. The van der Waals surface area contributed by atoms with Gasteiger partial charge in [0.15, 0.2) is 6.61 Å². The fraction of sp³-hybridized carbons (Fsp3) is 0.158. The number of carbonyl (C=O) groups is 1. The lowest BCUT2D eigenvalue weighted by Crippen LogP contribution is -2.33. The SMILES string of the molecule is O=C(COc1ccc(-n2cnnn2)cc1)N(Cc1ccco1)Cc1ccco1. The summed E-state index contributed by atoms with van der Waals surface area (Å²) in [5, 5.41) is 11.0. The van der Waals surface area contributed by atoms with Gasteiger partial charge < -0.3 is 18.5 Å². The molecule has 3 heterocycles. The van der Waals surface area contributed by atoms with E-state index in [-0.39, 0.29) is 12.5 Å². The predicted molar refractivity (Wildman–Crippen MR) is 96.3 cm³/mol. The zero-order chi connectivity index (χ0) is 19.2. The van der Waals surface area contributed by atoms with Crippen LogP contribution in [0.1, 0.15) is 11.5 Å². The summed E-state index contributed by atoms with van der Waals surface area (Å²) in [7, 11) is 0. The minimum absolute atomic E-state index is 0.106. The Balaban J connectivity index is 1.39. The highest BCUT2D eigenvalue weighted by Crippen LogP contribution is 2.16. The molecule has 28 heavy (non-hydrogen) atoms. The molecule has 0 saturated heterocycles. The minimum atomic E-state index is -0.183. The van der Waals surface area contributed by atoms with Crippen molar-refractivity contribution < 1.29 is 18.4 Å². The number of carbonyl (C=O) groups excluding carboxylic acids is 1. The highest BCUT2D eigenvalue weighted by molar-refractivity contribution is 5.77. The highest BCUT2D eigenvalue weighted by atomic mass is 16.5. The lowest BCUT2D eigenvalue weighted by Gasteiger charge is -2.20. The molecule has 0 spiro atoms. The van der Waals surface area contributed by atoms with E-state index in [1.807, 2.05) is 12.1 Å². The van der Waals surface area contributed by atoms with Crippen molar-refractivity contribution in [2.24, 2.45) is 0 Å². The molecule has 0 bridgehead atoms. The number of benzene rings is 1. The van der Waals surface area contributed by atoms with Crippen LogP contribution in [-0.4, -0.2) is 37.6 Å². The average Bonchev–Trinajstić information content (AvgIpc) is 3.49. The maximum absolute atomic E-state index is 12.7. The molecule has 0 radical (unpaired) electrons. The fourth-order valence-corrected chi connectivity index (χ4v) is 2.62. The molecule has 1 amide bonds. The lowest BCUT2D eigenvalue weighted by molar-refractivity contribution is -0.135. The van der Waals surface area contributed by atoms with Crippen molar-refractivity contribution in [3.8, 4) is 11.4 Å². The van der Waals surface area contributed by atoms with Gasteiger partial charge in [0.05, 0.1) is 31.3 Å². The average molecular weight is 379 g/mol. The van der Waals surface area contributed by atoms with Gasteiger partial charge >= 0.3 is 0 Å². The van der Waals surface area contributed by atoms with Crippen LogP contribution in [0.3, 0.4) is 0 Å². The third-order valence-corrected chi connectivity index (χ3v) is 4.02. The zero-order valence-corrected chi connectivity index (χ0v) is 14.8. The summed E-state index contributed by atoms with van der Waals surface area (Å²) >= 11 is 0. The molecule has 0 fully saturated rings. The quantitative estimate of drug-likeness (QED) is 0.464. The predicted octanol–water partition coefficient (Wildman–Crippen LogP) is 2.46. The smallest absolute Gasteiger partial charge is 0.261 e. The Kier molecular flexibility index (Phi) is 5.14. The van der Waals surface area contributed by atoms with E-state index in [0.29, 0.717) is 30.4 Å². The maximum atomic E-state index is 12.7. The summed E-state index contributed by atoms with van der Waals surface area (Å²) in [5.41, 5.74) is 0.793. The van der Waals surface area contributed by atoms with Crippen LogP contribution in [-0.2, 0) is 17.9 Å². The van der Waals surface area contributed by atoms with Crippen LogP contribution in [0.4, 0.5) is 0 Å². The molecule has 9 heteroatoms. The number of furan rings is 2. The van der Waals surface area contributed by atoms with Gasteiger partial charge in [-0.1, -0.05) is 0 Å². The van der Waals surface area contributed by atoms with Gasteiger partial charge in [-0.2, -0.15) is 0 Å². The molecule has 0 aliphatic heterocycles. The molecule has 9 nitrogen and oxygen atoms in total. The molecule has 0 N–H and O–H groups in total. The standard InChI is InChI=1S/C19H17N5O4/c25-19(13-28-16-7-5-15(6-8-16)24-14-20-21-22-24)23(11-17-3-1-9-26-17)12-18-4-2-10-27-18/h1-10,14H,11-13H2. The first-order chi connectivity index (χ1) is 13.8. The third kappa shape index (κ3) is 4.26. The van der Waals surface area contributed by atoms with Crippen molar-refractivity contribution in [1.29, 1.82) is 0 Å². The number of nitrogens with zero attached hydrogens (tertiary/aromatic N) is 5. The molecule has 142 valence electrons. The zero-order valence-electron chi connectivity index (χ0n) is 14.8. The number of amides is 1. The van der Waals surface area contributed by atoms with Crippen molar-refractivity contribution >= 4 is 5.91 Å². The van der Waals surface area contributed by atoms with E-state index in [1.54, 1.807) is 53.8 Å². The van der Waals surface area contributed by atoms with Crippen molar-refractivity contribution in [2.45, 2.75) is 13.1 Å². The van der Waals surface area contributed by atoms with Crippen LogP contribution in [0.5, 0.6) is 5.75 Å². The summed E-state index contributed by atoms with van der Waals surface area (Å²) in [5.74, 6) is 1.76. The van der Waals surface area contributed by atoms with Crippen molar-refractivity contribution in [3.05, 3.63) is 78.9 Å². The largest absolute Gasteiger partial charge is 0.484 e. The summed E-state index contributed by atoms with van der Waals surface area (Å²) in [6.07, 6.45) is 4.65. The Morgan fingerprint density at radius 2 is 1.68 bits per heavy atom. The first kappa shape index (κ1) is 17.5. The highest BCUT2D eigenvalue weighted by Gasteiger charge is 2.18. The lowest BCUT2D eigenvalue weighted by atomic mass is 10.3. The van der Waals surface area contributed by atoms with E-state index in [2.05, 4.69) is 15.5 Å². The first-order valence-electron chi connectivity index (χ1n) is 8.57. The van der Waals surface area contributed by atoms with Gasteiger partial charge in [0.25, 0.3) is 5.91 Å². The molecular weight excluding hydrogens is 362 g/mol. The summed E-state index contributed by atoms with van der Waals surface area (Å²) in [6.45, 7) is 0.550. The van der Waals surface area contributed by atoms with Gasteiger partial charge in [0.2, 0.25) is 0 Å². The Hall–Kier alpha value is -3.88. The number of hydrogen-bond donors (Lipinski definition) is 0. The van der Waals surface area contributed by atoms with Crippen LogP contribution < -0.4 is 4.74 Å². The summed E-state index contributed by atoms with van der Waals surface area (Å²) < 4.78 is 17.9. The second kappa shape index (κ2) is 8.21. The molecule has 0 aliphatic rings. The number of hydrogen-bond acceptors (Lipinski definition) is 7. The topological polar surface area (TPSA) is 99.4 Å². The van der Waals surface area contributed by atoms with Gasteiger partial charge in [-0.05, 0) is 59.0 Å². The number of rotatable bonds is 8. The second-order valence-electron chi connectivity index (χ2n) is 5.95. The van der Waals surface area contributed by atoms with E-state index in [4.69, 9.17) is 13.6 Å². The second-order valence-corrected chi connectivity index (χ2v) is 5.95. The fourth-order valence-electron chi connectivity index (χ4n) is 2.62. The minimum Gasteiger partial charge on any atom is -0.484 e. The van der Waals surface area contributed by atoms with Gasteiger partial charge in [0, 0.05) is 0 Å². The van der Waals surface area contributed by atoms with Gasteiger partial charge in [-0.15, -0.1) is 5.10 Å². The van der Waals surface area contributed by atoms with Gasteiger partial charge in [0.1, 0.15) is 23.6 Å². The van der Waals surface area contributed by atoms with Crippen LogP contribution in [0.15, 0.2) is 76.2 Å². The van der Waals surface area contributed by atoms with Crippen molar-refractivity contribution in [2.75, 3.05) is 6.61 Å². The first-order valence-corrected chi connectivity index (χ1v) is 8.57. The molecule has 4 rings (SSSR count). The molecule has 0 atom stereocenters. The summed E-state index contributed by atoms with van der Waals surface area (Å²) in [6, 6.07) is 14.3. The number of aromatic nitrogens is 4. The summed E-state index contributed by atoms with van der Waals surface area (Å²) in [4.78, 5) is 14.3. The molecule has 0 aliphatic carbocycles. The molecule has 3 aromatic heterocycles. The normalized spacial score (nSPS) is 10.7. The van der Waals surface area contributed by atoms with Gasteiger partial charge in [-0.25, -0.2) is 4.68 Å². The number of tetrazole rings is 1. The van der Waals surface area contributed by atoms with Gasteiger partial charge in [-0.3, -0.25) is 4.79 Å². The van der Waals surface area contributed by atoms with E-state index in [1.165, 1.54) is 11.0 Å². The maximum Gasteiger partial charge on any atom is 0.261 e. The molecule has 0 unspecified atom stereocenters. The van der Waals surface area contributed by atoms with Crippen LogP contribution in [0.25, 0.3) is 5.69 Å². The van der Waals surface area contributed by atoms with Crippen molar-refractivity contribution in [1.82, 2.24) is 25.1 Å². The van der Waals surface area contributed by atoms with Crippen LogP contribution >= 0.6 is 0 Å². The van der Waals surface area contributed by atoms with E-state index in [9.17, 15) is 4.79 Å². The third-order valence-electron chi connectivity index (χ3n) is 4.02. The molecule has 1 aromatic carbocycles.